The zero-order valence-electron chi connectivity index (χ0n) is 12.7. The van der Waals surface area contributed by atoms with Gasteiger partial charge in [0.25, 0.3) is 0 Å². The normalized spacial score (nSPS) is 16.1. The number of aliphatic hydroxyl groups is 2. The van der Waals surface area contributed by atoms with Crippen LogP contribution in [0.25, 0.3) is 0 Å². The van der Waals surface area contributed by atoms with Crippen LogP contribution in [0.2, 0.25) is 0 Å². The fourth-order valence-corrected chi connectivity index (χ4v) is 0.776. The van der Waals surface area contributed by atoms with Gasteiger partial charge < -0.3 is 30.7 Å². The molecule has 2 unspecified atom stereocenters. The molecule has 0 spiro atoms. The van der Waals surface area contributed by atoms with E-state index in [1.165, 1.54) is 0 Å². The average molecular weight is 384 g/mol. The van der Waals surface area contributed by atoms with Crippen LogP contribution >= 0.6 is 0 Å². The second-order valence-electron chi connectivity index (χ2n) is 4.66. The Morgan fingerprint density at radius 3 is 1.21 bits per heavy atom. The molecule has 0 aliphatic rings. The van der Waals surface area contributed by atoms with Crippen molar-refractivity contribution in [1.29, 1.82) is 0 Å². The minimum atomic E-state index is -4.94. The van der Waals surface area contributed by atoms with E-state index in [1.807, 2.05) is 0 Å². The Morgan fingerprint density at radius 2 is 1.12 bits per heavy atom. The van der Waals surface area contributed by atoms with Gasteiger partial charge in [0.1, 0.15) is 0 Å². The molecule has 14 heteroatoms. The van der Waals surface area contributed by atoms with Crippen molar-refractivity contribution in [2.24, 2.45) is 0 Å². The third-order valence-electron chi connectivity index (χ3n) is 2.21. The second kappa shape index (κ2) is 10.4. The van der Waals surface area contributed by atoms with E-state index in [-0.39, 0.29) is 35.0 Å². The molecular weight excluding hydrogens is 369 g/mol. The third-order valence-corrected chi connectivity index (χ3v) is 2.21. The molecule has 140 valence electrons. The molecule has 24 heavy (non-hydrogen) atoms. The molecule has 0 amide bonds. The van der Waals surface area contributed by atoms with E-state index in [0.29, 0.717) is 13.8 Å². The van der Waals surface area contributed by atoms with Crippen molar-refractivity contribution >= 4 is 11.9 Å². The van der Waals surface area contributed by atoms with E-state index in [0.717, 1.165) is 0 Å². The molecule has 0 radical (unpaired) electrons. The first-order chi connectivity index (χ1) is 9.33. The molecule has 0 heterocycles. The van der Waals surface area contributed by atoms with Gasteiger partial charge >= 0.3 is 47.9 Å². The Bertz CT molecular complexity index is 367. The molecule has 5 N–H and O–H groups in total. The van der Waals surface area contributed by atoms with Gasteiger partial charge in [0, 0.05) is 12.4 Å². The second-order valence-corrected chi connectivity index (χ2v) is 4.66. The summed E-state index contributed by atoms with van der Waals surface area (Å²) in [7, 11) is 0. The number of hydrogen-bond acceptors (Lipinski definition) is 5. The standard InChI is InChI=1S/2C5H7F3O3.Na.H2O/c2*1-4(11,2-3(9)10)5(6,7)8;;/h2*11H,2H2,1H3,(H,9,10);;1H2/q;;+1;/p-1. The number of alkyl halides is 6. The molecule has 0 fully saturated rings. The number of carboxylic acid groups (broad SMARTS) is 2. The largest absolute Gasteiger partial charge is 1.00 e. The maximum Gasteiger partial charge on any atom is 1.00 e. The molecule has 7 nitrogen and oxygen atoms in total. The zero-order valence-corrected chi connectivity index (χ0v) is 14.7. The summed E-state index contributed by atoms with van der Waals surface area (Å²) >= 11 is 0. The minimum Gasteiger partial charge on any atom is -0.550 e. The quantitative estimate of drug-likeness (QED) is 0.337. The molecule has 0 rings (SSSR count). The molecule has 0 aromatic carbocycles. The average Bonchev–Trinajstić information content (AvgIpc) is 2.09. The van der Waals surface area contributed by atoms with Crippen molar-refractivity contribution in [1.82, 2.24) is 0 Å². The van der Waals surface area contributed by atoms with Crippen molar-refractivity contribution in [3.05, 3.63) is 0 Å². The summed E-state index contributed by atoms with van der Waals surface area (Å²) in [5, 5.41) is 34.6. The van der Waals surface area contributed by atoms with Crippen molar-refractivity contribution in [2.75, 3.05) is 0 Å². The summed E-state index contributed by atoms with van der Waals surface area (Å²) in [5.74, 6) is -3.63. The number of carboxylic acids is 2. The minimum absolute atomic E-state index is 0. The van der Waals surface area contributed by atoms with E-state index >= 15 is 0 Å². The fourth-order valence-electron chi connectivity index (χ4n) is 0.776. The maximum atomic E-state index is 11.7. The van der Waals surface area contributed by atoms with Gasteiger partial charge in [-0.1, -0.05) is 0 Å². The van der Waals surface area contributed by atoms with Crippen LogP contribution in [0.15, 0.2) is 0 Å². The Labute approximate surface area is 153 Å². The van der Waals surface area contributed by atoms with Gasteiger partial charge in [-0.05, 0) is 13.8 Å². The summed E-state index contributed by atoms with van der Waals surface area (Å²) in [4.78, 5) is 19.5. The number of hydrogen-bond donors (Lipinski definition) is 3. The smallest absolute Gasteiger partial charge is 0.550 e. The van der Waals surface area contributed by atoms with Gasteiger partial charge in [-0.15, -0.1) is 0 Å². The molecule has 0 aromatic rings. The van der Waals surface area contributed by atoms with Crippen LogP contribution < -0.4 is 34.7 Å². The van der Waals surface area contributed by atoms with Crippen molar-refractivity contribution in [3.8, 4) is 0 Å². The van der Waals surface area contributed by atoms with Gasteiger partial charge in [0.2, 0.25) is 0 Å². The molecular formula is C10H15F6NaO7. The molecule has 0 saturated heterocycles. The Balaban J connectivity index is -0.000000154. The number of rotatable bonds is 4. The number of carbonyl (C=O) groups is 2. The molecule has 0 aliphatic carbocycles. The fraction of sp³-hybridized carbons (Fsp3) is 0.800. The molecule has 0 bridgehead atoms. The first-order valence-corrected chi connectivity index (χ1v) is 5.33. The van der Waals surface area contributed by atoms with Crippen LogP contribution in [0.3, 0.4) is 0 Å². The Kier molecular flexibility index (Phi) is 13.5. The summed E-state index contributed by atoms with van der Waals surface area (Å²) in [6, 6.07) is 0. The monoisotopic (exact) mass is 384 g/mol. The van der Waals surface area contributed by atoms with Crippen LogP contribution in [-0.2, 0) is 9.59 Å². The van der Waals surface area contributed by atoms with Crippen LogP contribution in [-0.4, -0.2) is 56.3 Å². The first kappa shape index (κ1) is 31.2. The predicted molar refractivity (Wildman–Crippen MR) is 58.8 cm³/mol. The molecule has 2 atom stereocenters. The summed E-state index contributed by atoms with van der Waals surface area (Å²) in [5.41, 5.74) is -6.34. The zero-order chi connectivity index (χ0) is 18.6. The van der Waals surface area contributed by atoms with Crippen LogP contribution in [0.5, 0.6) is 0 Å². The van der Waals surface area contributed by atoms with Gasteiger partial charge in [-0.2, -0.15) is 26.3 Å². The van der Waals surface area contributed by atoms with E-state index in [2.05, 4.69) is 0 Å². The topological polar surface area (TPSA) is 149 Å². The van der Waals surface area contributed by atoms with Gasteiger partial charge in [0.15, 0.2) is 11.2 Å². The third kappa shape index (κ3) is 11.9. The summed E-state index contributed by atoms with van der Waals surface area (Å²) in [6.07, 6.45) is -12.6. The van der Waals surface area contributed by atoms with E-state index in [1.54, 1.807) is 0 Å². The maximum absolute atomic E-state index is 11.7. The molecule has 0 aliphatic heterocycles. The predicted octanol–water partition coefficient (Wildman–Crippen LogP) is -3.61. The van der Waals surface area contributed by atoms with Crippen LogP contribution in [0.4, 0.5) is 26.3 Å². The molecule has 0 aromatic heterocycles. The number of halogens is 6. The van der Waals surface area contributed by atoms with Crippen molar-refractivity contribution in [2.45, 2.75) is 50.2 Å². The van der Waals surface area contributed by atoms with Crippen LogP contribution in [0.1, 0.15) is 26.7 Å². The number of carbonyl (C=O) groups excluding carboxylic acids is 1. The van der Waals surface area contributed by atoms with Gasteiger partial charge in [0.05, 0.1) is 6.42 Å². The van der Waals surface area contributed by atoms with Crippen molar-refractivity contribution < 1.29 is 91.4 Å². The Hall–Kier alpha value is -0.600. The SMILES string of the molecule is CC(O)(CC(=O)O)C(F)(F)F.CC(O)(CC(=O)[O-])C(F)(F)F.O.[Na+]. The van der Waals surface area contributed by atoms with Crippen molar-refractivity contribution in [3.63, 3.8) is 0 Å². The van der Waals surface area contributed by atoms with Gasteiger partial charge in [-0.25, -0.2) is 0 Å². The summed E-state index contributed by atoms with van der Waals surface area (Å²) in [6.45, 7) is 0.796. The Morgan fingerprint density at radius 1 is 0.875 bits per heavy atom. The van der Waals surface area contributed by atoms with Crippen LogP contribution in [0, 0.1) is 0 Å². The van der Waals surface area contributed by atoms with E-state index < -0.39 is 48.3 Å². The molecule has 0 saturated carbocycles. The first-order valence-electron chi connectivity index (χ1n) is 5.33. The summed E-state index contributed by atoms with van der Waals surface area (Å²) < 4.78 is 70.0. The number of aliphatic carboxylic acids is 2. The van der Waals surface area contributed by atoms with Gasteiger partial charge in [-0.3, -0.25) is 4.79 Å². The van der Waals surface area contributed by atoms with E-state index in [9.17, 15) is 41.0 Å². The van der Waals surface area contributed by atoms with E-state index in [4.69, 9.17) is 15.3 Å².